The van der Waals surface area contributed by atoms with Crippen molar-refractivity contribution in [2.45, 2.75) is 12.8 Å². The second-order valence-electron chi connectivity index (χ2n) is 10.3. The van der Waals surface area contributed by atoms with E-state index in [0.717, 1.165) is 23.3 Å². The van der Waals surface area contributed by atoms with Gasteiger partial charge in [0.2, 0.25) is 11.6 Å². The van der Waals surface area contributed by atoms with Gasteiger partial charge in [-0.1, -0.05) is 37.4 Å². The summed E-state index contributed by atoms with van der Waals surface area (Å²) in [5.41, 5.74) is 3.22. The van der Waals surface area contributed by atoms with E-state index in [-0.39, 0.29) is 35.5 Å². The number of phenols is 2. The number of nitrogens with one attached hydrogen (secondary N) is 2. The number of esters is 2. The molecule has 0 spiro atoms. The first-order valence-corrected chi connectivity index (χ1v) is 14.3. The molecule has 0 radical (unpaired) electrons. The maximum atomic E-state index is 13.9. The third-order valence-corrected chi connectivity index (χ3v) is 7.34. The van der Waals surface area contributed by atoms with Crippen molar-refractivity contribution >= 4 is 46.3 Å². The van der Waals surface area contributed by atoms with Crippen molar-refractivity contribution in [1.29, 1.82) is 0 Å². The minimum Gasteiger partial charge on any atom is -0.507 e. The van der Waals surface area contributed by atoms with Gasteiger partial charge in [-0.3, -0.25) is 9.59 Å². The van der Waals surface area contributed by atoms with E-state index in [1.807, 2.05) is 24.3 Å². The summed E-state index contributed by atoms with van der Waals surface area (Å²) in [5, 5.41) is 27.6. The Kier molecular flexibility index (Phi) is 9.28. The molecule has 5 rings (SSSR count). The average molecular weight is 619 g/mol. The Morgan fingerprint density at radius 2 is 0.957 bits per heavy atom. The van der Waals surface area contributed by atoms with Crippen LogP contribution in [0.1, 0.15) is 43.0 Å². The zero-order valence-electron chi connectivity index (χ0n) is 24.7. The van der Waals surface area contributed by atoms with Crippen LogP contribution in [0.5, 0.6) is 11.5 Å². The molecule has 4 aromatic rings. The van der Waals surface area contributed by atoms with Gasteiger partial charge in [0.25, 0.3) is 0 Å². The first kappa shape index (κ1) is 31.3. The molecule has 0 bridgehead atoms. The van der Waals surface area contributed by atoms with E-state index in [2.05, 4.69) is 23.8 Å². The highest BCUT2D eigenvalue weighted by Gasteiger charge is 2.38. The Bertz CT molecular complexity index is 1730. The first-order valence-electron chi connectivity index (χ1n) is 14.3. The molecule has 232 valence electrons. The number of aromatic hydroxyl groups is 2. The van der Waals surface area contributed by atoms with Crippen LogP contribution in [0.25, 0.3) is 0 Å². The molecule has 46 heavy (non-hydrogen) atoms. The number of anilines is 4. The fourth-order valence-corrected chi connectivity index (χ4v) is 5.05. The average Bonchev–Trinajstić information content (AvgIpc) is 3.06. The van der Waals surface area contributed by atoms with Gasteiger partial charge >= 0.3 is 11.9 Å². The van der Waals surface area contributed by atoms with E-state index < -0.39 is 35.0 Å². The Labute approximate surface area is 264 Å². The molecule has 0 saturated heterocycles. The first-order chi connectivity index (χ1) is 22.2. The van der Waals surface area contributed by atoms with Crippen LogP contribution in [0.15, 0.2) is 98.1 Å². The monoisotopic (exact) mass is 618 g/mol. The smallest absolute Gasteiger partial charge is 0.330 e. The molecule has 0 amide bonds. The van der Waals surface area contributed by atoms with Crippen LogP contribution < -0.4 is 10.6 Å². The molecule has 1 aliphatic carbocycles. The Morgan fingerprint density at radius 3 is 1.30 bits per heavy atom. The number of benzene rings is 4. The highest BCUT2D eigenvalue weighted by molar-refractivity contribution is 6.33. The molecular formula is C36H30N2O8. The largest absolute Gasteiger partial charge is 0.507 e. The van der Waals surface area contributed by atoms with E-state index in [1.165, 1.54) is 12.1 Å². The van der Waals surface area contributed by atoms with E-state index in [0.29, 0.717) is 35.6 Å². The quantitative estimate of drug-likeness (QED) is 0.0755. The van der Waals surface area contributed by atoms with Crippen LogP contribution in [0, 0.1) is 0 Å². The van der Waals surface area contributed by atoms with Gasteiger partial charge < -0.3 is 30.3 Å². The predicted octanol–water partition coefficient (Wildman–Crippen LogP) is 5.90. The predicted molar refractivity (Wildman–Crippen MR) is 172 cm³/mol. The van der Waals surface area contributed by atoms with Crippen LogP contribution in [0.2, 0.25) is 0 Å². The summed E-state index contributed by atoms with van der Waals surface area (Å²) in [5.74, 6) is -3.10. The SMILES string of the molecule is C=CC(=O)OCCc1ccc(Nc2ccc(Nc3ccc(CCOC(=O)C=C)cc3)c3c2C(=O)c2c(O)ccc(O)c2C3=O)cc1. The van der Waals surface area contributed by atoms with Gasteiger partial charge in [0.05, 0.1) is 46.8 Å². The number of hydrogen-bond acceptors (Lipinski definition) is 10. The Balaban J connectivity index is 1.45. The second-order valence-corrected chi connectivity index (χ2v) is 10.3. The fourth-order valence-electron chi connectivity index (χ4n) is 5.05. The number of carbonyl (C=O) groups excluding carboxylic acids is 4. The van der Waals surface area contributed by atoms with E-state index in [1.54, 1.807) is 36.4 Å². The maximum Gasteiger partial charge on any atom is 0.330 e. The molecule has 4 aromatic carbocycles. The molecule has 10 heteroatoms. The van der Waals surface area contributed by atoms with Crippen molar-refractivity contribution in [2.75, 3.05) is 23.8 Å². The van der Waals surface area contributed by atoms with Crippen molar-refractivity contribution in [3.8, 4) is 11.5 Å². The Hall–Kier alpha value is -6.16. The van der Waals surface area contributed by atoms with Crippen molar-refractivity contribution in [2.24, 2.45) is 0 Å². The molecule has 0 saturated carbocycles. The molecule has 0 atom stereocenters. The summed E-state index contributed by atoms with van der Waals surface area (Å²) < 4.78 is 10.1. The lowest BCUT2D eigenvalue weighted by Gasteiger charge is -2.25. The van der Waals surface area contributed by atoms with Gasteiger partial charge in [-0.15, -0.1) is 0 Å². The standard InChI is InChI=1S/C36H30N2O8/c1-3-29(41)45-19-17-21-5-9-23(10-6-21)37-25-13-14-26(38-24-11-7-22(8-12-24)18-20-46-30(42)4-2)32-31(25)35(43)33-27(39)15-16-28(40)34(33)36(32)44/h3-16,37-40H,1-2,17-20H2. The van der Waals surface area contributed by atoms with Crippen molar-refractivity contribution in [3.63, 3.8) is 0 Å². The van der Waals surface area contributed by atoms with E-state index >= 15 is 0 Å². The molecule has 10 nitrogen and oxygen atoms in total. The summed E-state index contributed by atoms with van der Waals surface area (Å²) in [4.78, 5) is 50.4. The van der Waals surface area contributed by atoms with Crippen LogP contribution in [0.3, 0.4) is 0 Å². The van der Waals surface area contributed by atoms with Crippen LogP contribution in [0.4, 0.5) is 22.7 Å². The zero-order chi connectivity index (χ0) is 32.8. The number of ketones is 2. The van der Waals surface area contributed by atoms with Gasteiger partial charge in [-0.25, -0.2) is 9.59 Å². The van der Waals surface area contributed by atoms with E-state index in [9.17, 15) is 29.4 Å². The van der Waals surface area contributed by atoms with Crippen LogP contribution in [-0.4, -0.2) is 46.9 Å². The highest BCUT2D eigenvalue weighted by atomic mass is 16.5. The molecule has 0 fully saturated rings. The molecular weight excluding hydrogens is 588 g/mol. The minimum atomic E-state index is -0.630. The topological polar surface area (TPSA) is 151 Å². The number of fused-ring (bicyclic) bond motifs is 2. The number of ether oxygens (including phenoxy) is 2. The van der Waals surface area contributed by atoms with Crippen molar-refractivity contribution in [3.05, 3.63) is 131 Å². The lowest BCUT2D eigenvalue weighted by Crippen LogP contribution is -2.24. The molecule has 0 aromatic heterocycles. The zero-order valence-corrected chi connectivity index (χ0v) is 24.7. The van der Waals surface area contributed by atoms with E-state index in [4.69, 9.17) is 9.47 Å². The van der Waals surface area contributed by atoms with Crippen molar-refractivity contribution in [1.82, 2.24) is 0 Å². The molecule has 4 N–H and O–H groups in total. The maximum absolute atomic E-state index is 13.9. The minimum absolute atomic E-state index is 0.0319. The number of hydrogen-bond donors (Lipinski definition) is 4. The lowest BCUT2D eigenvalue weighted by atomic mass is 9.81. The summed E-state index contributed by atoms with van der Waals surface area (Å²) in [6.45, 7) is 7.13. The summed E-state index contributed by atoms with van der Waals surface area (Å²) in [6.07, 6.45) is 3.19. The number of carbonyl (C=O) groups is 4. The summed E-state index contributed by atoms with van der Waals surface area (Å²) in [7, 11) is 0. The fraction of sp³-hybridized carbons (Fsp3) is 0.111. The normalized spacial score (nSPS) is 11.6. The third-order valence-electron chi connectivity index (χ3n) is 7.34. The van der Waals surface area contributed by atoms with Crippen LogP contribution >= 0.6 is 0 Å². The molecule has 1 aliphatic rings. The molecule has 0 heterocycles. The molecule has 0 aliphatic heterocycles. The summed E-state index contributed by atoms with van der Waals surface area (Å²) in [6, 6.07) is 20.2. The lowest BCUT2D eigenvalue weighted by molar-refractivity contribution is -0.138. The van der Waals surface area contributed by atoms with Gasteiger partial charge in [-0.2, -0.15) is 0 Å². The van der Waals surface area contributed by atoms with Gasteiger partial charge in [0, 0.05) is 36.4 Å². The Morgan fingerprint density at radius 1 is 0.587 bits per heavy atom. The van der Waals surface area contributed by atoms with Gasteiger partial charge in [-0.05, 0) is 59.7 Å². The molecule has 0 unspecified atom stereocenters. The van der Waals surface area contributed by atoms with Gasteiger partial charge in [0.15, 0.2) is 0 Å². The number of phenolic OH excluding ortho intramolecular Hbond substituents is 2. The highest BCUT2D eigenvalue weighted by Crippen LogP contribution is 2.43. The second kappa shape index (κ2) is 13.6. The summed E-state index contributed by atoms with van der Waals surface area (Å²) >= 11 is 0. The van der Waals surface area contributed by atoms with Crippen LogP contribution in [-0.2, 0) is 31.9 Å². The van der Waals surface area contributed by atoms with Gasteiger partial charge in [0.1, 0.15) is 11.5 Å². The third kappa shape index (κ3) is 6.66. The number of rotatable bonds is 12. The van der Waals surface area contributed by atoms with Crippen molar-refractivity contribution < 1.29 is 38.9 Å².